The smallest absolute Gasteiger partial charge is 0.340 e. The molecule has 0 atom stereocenters. The minimum absolute atomic E-state index is 0.147. The quantitative estimate of drug-likeness (QED) is 0.634. The molecule has 1 aromatic carbocycles. The van der Waals surface area contributed by atoms with E-state index >= 15 is 0 Å². The molecule has 0 spiro atoms. The second-order valence-corrected chi connectivity index (χ2v) is 5.86. The Morgan fingerprint density at radius 3 is 2.62 bits per heavy atom. The van der Waals surface area contributed by atoms with Crippen LogP contribution in [-0.4, -0.2) is 27.3 Å². The summed E-state index contributed by atoms with van der Waals surface area (Å²) in [5.41, 5.74) is 3.12. The van der Waals surface area contributed by atoms with Crippen molar-refractivity contribution < 1.29 is 14.3 Å². The Labute approximate surface area is 152 Å². The van der Waals surface area contributed by atoms with Crippen LogP contribution < -0.4 is 4.74 Å². The Kier molecular flexibility index (Phi) is 5.31. The van der Waals surface area contributed by atoms with Crippen LogP contribution in [0.2, 0.25) is 0 Å². The zero-order valence-electron chi connectivity index (χ0n) is 15.1. The van der Waals surface area contributed by atoms with Crippen molar-refractivity contribution >= 4 is 5.97 Å². The summed E-state index contributed by atoms with van der Waals surface area (Å²) in [6.45, 7) is 6.50. The highest BCUT2D eigenvalue weighted by Gasteiger charge is 2.12. The van der Waals surface area contributed by atoms with Gasteiger partial charge in [0.25, 0.3) is 0 Å². The van der Waals surface area contributed by atoms with Crippen molar-refractivity contribution in [1.82, 2.24) is 14.8 Å². The van der Waals surface area contributed by atoms with Crippen LogP contribution in [-0.2, 0) is 11.3 Å². The zero-order valence-corrected chi connectivity index (χ0v) is 15.1. The van der Waals surface area contributed by atoms with Gasteiger partial charge in [0.1, 0.15) is 12.4 Å². The van der Waals surface area contributed by atoms with Crippen molar-refractivity contribution in [3.63, 3.8) is 0 Å². The first-order valence-electron chi connectivity index (χ1n) is 8.46. The average molecular weight is 351 g/mol. The molecule has 3 aromatic rings. The molecule has 0 saturated carbocycles. The van der Waals surface area contributed by atoms with Crippen molar-refractivity contribution in [2.24, 2.45) is 0 Å². The van der Waals surface area contributed by atoms with Crippen LogP contribution in [0, 0.1) is 13.8 Å². The normalized spacial score (nSPS) is 10.6. The van der Waals surface area contributed by atoms with Crippen LogP contribution in [0.1, 0.15) is 34.2 Å². The Balaban J connectivity index is 1.68. The first-order chi connectivity index (χ1) is 12.6. The zero-order chi connectivity index (χ0) is 18.5. The maximum Gasteiger partial charge on any atom is 0.340 e. The van der Waals surface area contributed by atoms with E-state index < -0.39 is 5.97 Å². The third-order valence-electron chi connectivity index (χ3n) is 3.84. The highest BCUT2D eigenvalue weighted by atomic mass is 16.5. The third kappa shape index (κ3) is 3.91. The van der Waals surface area contributed by atoms with Gasteiger partial charge in [0, 0.05) is 17.5 Å². The number of benzene rings is 1. The highest BCUT2D eigenvalue weighted by Crippen LogP contribution is 2.19. The maximum atomic E-state index is 12.3. The van der Waals surface area contributed by atoms with E-state index in [9.17, 15) is 4.79 Å². The standard InChI is InChI=1S/C20H21N3O3/c1-4-25-18-8-6-5-7-17(18)13-26-20(24)16-9-10-19(21-12-16)23-15(3)11-14(2)22-23/h5-12H,4,13H2,1-3H3. The second kappa shape index (κ2) is 7.82. The van der Waals surface area contributed by atoms with E-state index in [0.717, 1.165) is 22.7 Å². The number of carbonyl (C=O) groups is 1. The summed E-state index contributed by atoms with van der Waals surface area (Å²) in [6.07, 6.45) is 1.50. The van der Waals surface area contributed by atoms with Gasteiger partial charge in [0.2, 0.25) is 0 Å². The fourth-order valence-electron chi connectivity index (χ4n) is 2.64. The molecule has 0 aliphatic heterocycles. The molecule has 0 fully saturated rings. The molecule has 0 aliphatic carbocycles. The first kappa shape index (κ1) is 17.7. The summed E-state index contributed by atoms with van der Waals surface area (Å²) < 4.78 is 12.7. The van der Waals surface area contributed by atoms with Crippen LogP contribution in [0.15, 0.2) is 48.7 Å². The molecule has 26 heavy (non-hydrogen) atoms. The highest BCUT2D eigenvalue weighted by molar-refractivity contribution is 5.89. The Morgan fingerprint density at radius 2 is 1.96 bits per heavy atom. The molecule has 0 radical (unpaired) electrons. The van der Waals surface area contributed by atoms with Crippen LogP contribution in [0.5, 0.6) is 5.75 Å². The lowest BCUT2D eigenvalue weighted by molar-refractivity contribution is 0.0469. The molecule has 2 aromatic heterocycles. The second-order valence-electron chi connectivity index (χ2n) is 5.86. The molecule has 134 valence electrons. The van der Waals surface area contributed by atoms with Crippen molar-refractivity contribution in [1.29, 1.82) is 0 Å². The number of aryl methyl sites for hydroxylation is 2. The van der Waals surface area contributed by atoms with Gasteiger partial charge in [0.05, 0.1) is 17.9 Å². The van der Waals surface area contributed by atoms with Crippen molar-refractivity contribution in [2.45, 2.75) is 27.4 Å². The van der Waals surface area contributed by atoms with E-state index in [2.05, 4.69) is 10.1 Å². The molecule has 0 amide bonds. The van der Waals surface area contributed by atoms with E-state index in [1.165, 1.54) is 6.20 Å². The lowest BCUT2D eigenvalue weighted by Gasteiger charge is -2.10. The number of para-hydroxylation sites is 1. The molecule has 0 saturated heterocycles. The van der Waals surface area contributed by atoms with Crippen LogP contribution >= 0.6 is 0 Å². The Bertz CT molecular complexity index is 901. The van der Waals surface area contributed by atoms with Gasteiger partial charge < -0.3 is 9.47 Å². The van der Waals surface area contributed by atoms with Gasteiger partial charge in [0.15, 0.2) is 5.82 Å². The van der Waals surface area contributed by atoms with Gasteiger partial charge >= 0.3 is 5.97 Å². The van der Waals surface area contributed by atoms with Gasteiger partial charge in [-0.15, -0.1) is 0 Å². The minimum Gasteiger partial charge on any atom is -0.493 e. The predicted octanol–water partition coefficient (Wildman–Crippen LogP) is 3.64. The molecule has 0 unspecified atom stereocenters. The van der Waals surface area contributed by atoms with Gasteiger partial charge in [-0.25, -0.2) is 14.5 Å². The van der Waals surface area contributed by atoms with Crippen molar-refractivity contribution in [3.8, 4) is 11.6 Å². The number of nitrogens with zero attached hydrogens (tertiary/aromatic N) is 3. The van der Waals surface area contributed by atoms with Crippen LogP contribution in [0.3, 0.4) is 0 Å². The maximum absolute atomic E-state index is 12.3. The van der Waals surface area contributed by atoms with Gasteiger partial charge in [-0.1, -0.05) is 18.2 Å². The topological polar surface area (TPSA) is 66.2 Å². The summed E-state index contributed by atoms with van der Waals surface area (Å²) in [6, 6.07) is 12.9. The van der Waals surface area contributed by atoms with E-state index in [1.54, 1.807) is 16.8 Å². The SMILES string of the molecule is CCOc1ccccc1COC(=O)c1ccc(-n2nc(C)cc2C)nc1. The van der Waals surface area contributed by atoms with Crippen molar-refractivity contribution in [2.75, 3.05) is 6.61 Å². The van der Waals surface area contributed by atoms with Crippen LogP contribution in [0.25, 0.3) is 5.82 Å². The Hall–Kier alpha value is -3.15. The summed E-state index contributed by atoms with van der Waals surface area (Å²) in [4.78, 5) is 16.6. The molecule has 6 heteroatoms. The van der Waals surface area contributed by atoms with E-state index in [1.807, 2.05) is 51.1 Å². The number of hydrogen-bond acceptors (Lipinski definition) is 5. The molecule has 3 rings (SSSR count). The van der Waals surface area contributed by atoms with E-state index in [-0.39, 0.29) is 6.61 Å². The largest absolute Gasteiger partial charge is 0.493 e. The third-order valence-corrected chi connectivity index (χ3v) is 3.84. The summed E-state index contributed by atoms with van der Waals surface area (Å²) in [5.74, 6) is 0.957. The number of ether oxygens (including phenoxy) is 2. The summed E-state index contributed by atoms with van der Waals surface area (Å²) >= 11 is 0. The molecule has 6 nitrogen and oxygen atoms in total. The number of carbonyl (C=O) groups excluding carboxylic acids is 1. The van der Waals surface area contributed by atoms with Gasteiger partial charge in [-0.05, 0) is 45.0 Å². The van der Waals surface area contributed by atoms with E-state index in [4.69, 9.17) is 9.47 Å². The molecular formula is C20H21N3O3. The average Bonchev–Trinajstić information content (AvgIpc) is 2.99. The number of esters is 1. The van der Waals surface area contributed by atoms with Gasteiger partial charge in [-0.3, -0.25) is 0 Å². The first-order valence-corrected chi connectivity index (χ1v) is 8.46. The fraction of sp³-hybridized carbons (Fsp3) is 0.250. The monoisotopic (exact) mass is 351 g/mol. The molecule has 2 heterocycles. The molecular weight excluding hydrogens is 330 g/mol. The van der Waals surface area contributed by atoms with Crippen LogP contribution in [0.4, 0.5) is 0 Å². The minimum atomic E-state index is -0.427. The van der Waals surface area contributed by atoms with Crippen molar-refractivity contribution in [3.05, 3.63) is 71.2 Å². The Morgan fingerprint density at radius 1 is 1.15 bits per heavy atom. The van der Waals surface area contributed by atoms with Gasteiger partial charge in [-0.2, -0.15) is 5.10 Å². The number of hydrogen-bond donors (Lipinski definition) is 0. The lowest BCUT2D eigenvalue weighted by atomic mass is 10.2. The number of aromatic nitrogens is 3. The fourth-order valence-corrected chi connectivity index (χ4v) is 2.64. The number of rotatable bonds is 6. The summed E-state index contributed by atoms with van der Waals surface area (Å²) in [7, 11) is 0. The molecule has 0 aliphatic rings. The predicted molar refractivity (Wildman–Crippen MR) is 97.6 cm³/mol. The van der Waals surface area contributed by atoms with E-state index in [0.29, 0.717) is 18.0 Å². The lowest BCUT2D eigenvalue weighted by Crippen LogP contribution is -2.08. The molecule has 0 N–H and O–H groups in total. The number of pyridine rings is 1. The summed E-state index contributed by atoms with van der Waals surface area (Å²) in [5, 5.41) is 4.38. The molecule has 0 bridgehead atoms.